The first-order valence-corrected chi connectivity index (χ1v) is 11.8. The first-order valence-electron chi connectivity index (χ1n) is 11.8. The van der Waals surface area contributed by atoms with Crippen LogP contribution in [0, 0.1) is 0 Å². The number of anilines is 1. The van der Waals surface area contributed by atoms with Crippen molar-refractivity contribution in [1.82, 2.24) is 10.2 Å². The van der Waals surface area contributed by atoms with Crippen molar-refractivity contribution in [3.63, 3.8) is 0 Å². The van der Waals surface area contributed by atoms with E-state index in [0.717, 1.165) is 36.9 Å². The summed E-state index contributed by atoms with van der Waals surface area (Å²) in [5.74, 6) is -0.803. The second-order valence-corrected chi connectivity index (χ2v) is 9.14. The summed E-state index contributed by atoms with van der Waals surface area (Å²) in [6, 6.07) is 15.6. The van der Waals surface area contributed by atoms with Gasteiger partial charge in [-0.15, -0.1) is 0 Å². The summed E-state index contributed by atoms with van der Waals surface area (Å²) in [7, 11) is 0. The topological polar surface area (TPSA) is 87.7 Å². The van der Waals surface area contributed by atoms with Gasteiger partial charge in [-0.1, -0.05) is 43.2 Å². The van der Waals surface area contributed by atoms with Crippen LogP contribution in [0.25, 0.3) is 0 Å². The van der Waals surface area contributed by atoms with E-state index in [1.807, 2.05) is 36.4 Å². The van der Waals surface area contributed by atoms with Crippen LogP contribution in [0.3, 0.4) is 0 Å². The summed E-state index contributed by atoms with van der Waals surface area (Å²) in [5, 5.41) is 5.99. The molecule has 2 heterocycles. The minimum Gasteiger partial charge on any atom is -0.380 e. The van der Waals surface area contributed by atoms with E-state index >= 15 is 0 Å². The standard InChI is InChI=1S/C26H29N3O4/c30-24-13-12-22(25(31)28-24)29-15-18-14-19(10-11-20(18)26(29)32)27-21-8-4-5-9-23(21)33-16-17-6-2-1-3-7-17/h1-3,6-7,10-11,14,21-23,27H,4-5,8-9,12-13,15-16H2,(H,28,30,31)/t21?,22?,23-/m0/s1. The molecule has 5 rings (SSSR count). The molecule has 172 valence electrons. The largest absolute Gasteiger partial charge is 0.380 e. The first kappa shape index (κ1) is 21.6. The zero-order valence-electron chi connectivity index (χ0n) is 18.6. The summed E-state index contributed by atoms with van der Waals surface area (Å²) < 4.78 is 6.28. The van der Waals surface area contributed by atoms with Gasteiger partial charge in [0.2, 0.25) is 11.8 Å². The third kappa shape index (κ3) is 4.64. The molecule has 2 aliphatic heterocycles. The Labute approximate surface area is 193 Å². The fraction of sp³-hybridized carbons (Fsp3) is 0.423. The molecule has 3 amide bonds. The van der Waals surface area contributed by atoms with Gasteiger partial charge < -0.3 is 15.0 Å². The van der Waals surface area contributed by atoms with Crippen molar-refractivity contribution < 1.29 is 19.1 Å². The summed E-state index contributed by atoms with van der Waals surface area (Å²) in [6.07, 6.45) is 5.16. The lowest BCUT2D eigenvalue weighted by Gasteiger charge is -2.33. The number of imide groups is 1. The van der Waals surface area contributed by atoms with Crippen molar-refractivity contribution in [2.45, 2.75) is 69.9 Å². The molecular formula is C26H29N3O4. The molecule has 7 heteroatoms. The predicted octanol–water partition coefficient (Wildman–Crippen LogP) is 3.39. The number of carbonyl (C=O) groups excluding carboxylic acids is 3. The van der Waals surface area contributed by atoms with Crippen molar-refractivity contribution in [2.24, 2.45) is 0 Å². The highest BCUT2D eigenvalue weighted by molar-refractivity contribution is 6.05. The second kappa shape index (κ2) is 9.35. The van der Waals surface area contributed by atoms with Crippen molar-refractivity contribution in [3.05, 3.63) is 65.2 Å². The lowest BCUT2D eigenvalue weighted by atomic mass is 9.92. The normalized spacial score (nSPS) is 25.0. The number of nitrogens with one attached hydrogen (secondary N) is 2. The Morgan fingerprint density at radius 1 is 1.00 bits per heavy atom. The molecular weight excluding hydrogens is 418 g/mol. The summed E-state index contributed by atoms with van der Waals surface area (Å²) in [5.41, 5.74) is 3.68. The smallest absolute Gasteiger partial charge is 0.255 e. The zero-order chi connectivity index (χ0) is 22.8. The van der Waals surface area contributed by atoms with Crippen LogP contribution >= 0.6 is 0 Å². The van der Waals surface area contributed by atoms with Gasteiger partial charge in [0.25, 0.3) is 5.91 Å². The van der Waals surface area contributed by atoms with Crippen LogP contribution in [0.1, 0.15) is 60.0 Å². The molecule has 2 unspecified atom stereocenters. The molecule has 1 aliphatic carbocycles. The number of amides is 3. The molecule has 2 aromatic rings. The van der Waals surface area contributed by atoms with E-state index in [1.165, 1.54) is 5.56 Å². The van der Waals surface area contributed by atoms with E-state index in [9.17, 15) is 14.4 Å². The Balaban J connectivity index is 1.25. The van der Waals surface area contributed by atoms with Gasteiger partial charge in [-0.3, -0.25) is 19.7 Å². The zero-order valence-corrected chi connectivity index (χ0v) is 18.6. The van der Waals surface area contributed by atoms with Gasteiger partial charge in [-0.2, -0.15) is 0 Å². The number of hydrogen-bond donors (Lipinski definition) is 2. The molecule has 3 atom stereocenters. The van der Waals surface area contributed by atoms with Gasteiger partial charge >= 0.3 is 0 Å². The average molecular weight is 448 g/mol. The molecule has 3 aliphatic rings. The van der Waals surface area contributed by atoms with E-state index in [-0.39, 0.29) is 36.3 Å². The maximum Gasteiger partial charge on any atom is 0.255 e. The van der Waals surface area contributed by atoms with Crippen LogP contribution in [0.4, 0.5) is 5.69 Å². The molecule has 33 heavy (non-hydrogen) atoms. The fourth-order valence-electron chi connectivity index (χ4n) is 5.12. The van der Waals surface area contributed by atoms with Crippen LogP contribution in [0.5, 0.6) is 0 Å². The molecule has 2 fully saturated rings. The molecule has 0 bridgehead atoms. The van der Waals surface area contributed by atoms with Gasteiger partial charge in [-0.25, -0.2) is 0 Å². The third-order valence-corrected chi connectivity index (χ3v) is 6.89. The predicted molar refractivity (Wildman–Crippen MR) is 123 cm³/mol. The van der Waals surface area contributed by atoms with E-state index in [0.29, 0.717) is 25.1 Å². The van der Waals surface area contributed by atoms with Gasteiger partial charge in [-0.05, 0) is 48.6 Å². The van der Waals surface area contributed by atoms with Gasteiger partial charge in [0.15, 0.2) is 0 Å². The molecule has 7 nitrogen and oxygen atoms in total. The van der Waals surface area contributed by atoms with Crippen LogP contribution in [0.2, 0.25) is 0 Å². The Hall–Kier alpha value is -3.19. The highest BCUT2D eigenvalue weighted by Gasteiger charge is 2.39. The highest BCUT2D eigenvalue weighted by atomic mass is 16.5. The van der Waals surface area contributed by atoms with E-state index < -0.39 is 6.04 Å². The molecule has 2 N–H and O–H groups in total. The van der Waals surface area contributed by atoms with Crippen LogP contribution in [-0.4, -0.2) is 40.8 Å². The Bertz CT molecular complexity index is 1050. The van der Waals surface area contributed by atoms with Gasteiger partial charge in [0.05, 0.1) is 18.8 Å². The molecule has 1 saturated carbocycles. The van der Waals surface area contributed by atoms with Gasteiger partial charge in [0.1, 0.15) is 6.04 Å². The second-order valence-electron chi connectivity index (χ2n) is 9.14. The fourth-order valence-corrected chi connectivity index (χ4v) is 5.12. The number of fused-ring (bicyclic) bond motifs is 1. The van der Waals surface area contributed by atoms with Gasteiger partial charge in [0, 0.05) is 24.2 Å². The number of rotatable bonds is 6. The Morgan fingerprint density at radius 2 is 1.82 bits per heavy atom. The SMILES string of the molecule is O=C1CCC(N2Cc3cc(NC4CCCC[C@@H]4OCc4ccccc4)ccc3C2=O)C(=O)N1. The number of hydrogen-bond acceptors (Lipinski definition) is 5. The lowest BCUT2D eigenvalue weighted by Crippen LogP contribution is -2.52. The van der Waals surface area contributed by atoms with E-state index in [4.69, 9.17) is 4.74 Å². The van der Waals surface area contributed by atoms with E-state index in [1.54, 1.807) is 4.90 Å². The highest BCUT2D eigenvalue weighted by Crippen LogP contribution is 2.31. The maximum absolute atomic E-state index is 12.9. The minimum atomic E-state index is -0.590. The molecule has 0 radical (unpaired) electrons. The summed E-state index contributed by atoms with van der Waals surface area (Å²) in [4.78, 5) is 38.2. The Kier molecular flexibility index (Phi) is 6.13. The maximum atomic E-state index is 12.9. The lowest BCUT2D eigenvalue weighted by molar-refractivity contribution is -0.136. The number of piperidine rings is 1. The van der Waals surface area contributed by atoms with Crippen LogP contribution in [-0.2, 0) is 27.5 Å². The molecule has 1 saturated heterocycles. The van der Waals surface area contributed by atoms with Crippen molar-refractivity contribution >= 4 is 23.4 Å². The van der Waals surface area contributed by atoms with E-state index in [2.05, 4.69) is 22.8 Å². The Morgan fingerprint density at radius 3 is 2.64 bits per heavy atom. The average Bonchev–Trinajstić information content (AvgIpc) is 3.14. The first-order chi connectivity index (χ1) is 16.1. The number of benzene rings is 2. The molecule has 0 aromatic heterocycles. The van der Waals surface area contributed by atoms with Crippen LogP contribution < -0.4 is 10.6 Å². The van der Waals surface area contributed by atoms with Crippen molar-refractivity contribution in [3.8, 4) is 0 Å². The summed E-state index contributed by atoms with van der Waals surface area (Å²) in [6.45, 7) is 0.984. The van der Waals surface area contributed by atoms with Crippen molar-refractivity contribution in [2.75, 3.05) is 5.32 Å². The molecule has 0 spiro atoms. The third-order valence-electron chi connectivity index (χ3n) is 6.89. The van der Waals surface area contributed by atoms with Crippen LogP contribution in [0.15, 0.2) is 48.5 Å². The number of nitrogens with zero attached hydrogens (tertiary/aromatic N) is 1. The number of ether oxygens (including phenoxy) is 1. The number of carbonyl (C=O) groups is 3. The quantitative estimate of drug-likeness (QED) is 0.663. The molecule has 2 aromatic carbocycles. The summed E-state index contributed by atoms with van der Waals surface area (Å²) >= 11 is 0. The monoisotopic (exact) mass is 447 g/mol. The minimum absolute atomic E-state index is 0.133. The van der Waals surface area contributed by atoms with Crippen molar-refractivity contribution in [1.29, 1.82) is 0 Å².